The molecule has 2 nitrogen and oxygen atoms in total. The van der Waals surface area contributed by atoms with E-state index >= 15 is 0 Å². The Morgan fingerprint density at radius 3 is 2.19 bits per heavy atom. The number of benzene rings is 4. The lowest BCUT2D eigenvalue weighted by molar-refractivity contribution is 0.134. The molecular weight excluding hydrogens is 398 g/mol. The number of hydrogen-bond acceptors (Lipinski definition) is 2. The average Bonchev–Trinajstić information content (AvgIpc) is 2.74. The monoisotopic (exact) mass is 415 g/mol. The fourth-order valence-corrected chi connectivity index (χ4v) is 4.18. The van der Waals surface area contributed by atoms with Gasteiger partial charge in [0.05, 0.1) is 6.04 Å². The maximum absolute atomic E-state index is 6.39. The lowest BCUT2D eigenvalue weighted by atomic mass is 9.91. The van der Waals surface area contributed by atoms with Crippen molar-refractivity contribution in [2.24, 2.45) is 0 Å². The van der Waals surface area contributed by atoms with Crippen LogP contribution in [0.2, 0.25) is 0 Å². The number of hydrogen-bond donors (Lipinski definition) is 1. The Morgan fingerprint density at radius 1 is 0.741 bits per heavy atom. The fraction of sp³-hybridized carbons (Fsp3) is 0.0833. The number of halogens is 1. The zero-order valence-electron chi connectivity index (χ0n) is 14.6. The van der Waals surface area contributed by atoms with Crippen molar-refractivity contribution in [2.45, 2.75) is 12.3 Å². The molecule has 2 unspecified atom stereocenters. The van der Waals surface area contributed by atoms with Crippen molar-refractivity contribution in [1.29, 1.82) is 0 Å². The van der Waals surface area contributed by atoms with E-state index in [9.17, 15) is 0 Å². The molecule has 1 heterocycles. The molecule has 0 aromatic heterocycles. The van der Waals surface area contributed by atoms with E-state index < -0.39 is 0 Å². The van der Waals surface area contributed by atoms with Crippen molar-refractivity contribution >= 4 is 26.7 Å². The summed E-state index contributed by atoms with van der Waals surface area (Å²) in [4.78, 5) is 0. The van der Waals surface area contributed by atoms with Crippen LogP contribution in [0.3, 0.4) is 0 Å². The minimum absolute atomic E-state index is 0.0602. The second kappa shape index (κ2) is 6.84. The maximum atomic E-state index is 6.39. The summed E-state index contributed by atoms with van der Waals surface area (Å²) in [5.41, 5.74) is 3.55. The van der Waals surface area contributed by atoms with E-state index in [2.05, 4.69) is 94.0 Å². The molecule has 2 atom stereocenters. The van der Waals surface area contributed by atoms with Crippen LogP contribution in [0.25, 0.3) is 10.8 Å². The molecule has 0 spiro atoms. The second-order valence-corrected chi connectivity index (χ2v) is 7.68. The number of rotatable bonds is 2. The molecule has 0 aliphatic carbocycles. The Balaban J connectivity index is 1.71. The first-order chi connectivity index (χ1) is 13.3. The fourth-order valence-electron chi connectivity index (χ4n) is 3.80. The van der Waals surface area contributed by atoms with Crippen LogP contribution < -0.4 is 10.1 Å². The number of nitrogens with one attached hydrogen (secondary N) is 1. The Kier molecular flexibility index (Phi) is 4.19. The van der Waals surface area contributed by atoms with E-state index in [0.29, 0.717) is 0 Å². The molecule has 1 aliphatic rings. The first-order valence-corrected chi connectivity index (χ1v) is 9.84. The SMILES string of the molecule is Brc1ccc2c3c(ccc2c1)OC(c1ccccc1)NC3c1ccccc1. The molecule has 0 amide bonds. The lowest BCUT2D eigenvalue weighted by Crippen LogP contribution is -2.35. The highest BCUT2D eigenvalue weighted by Gasteiger charge is 2.31. The normalized spacial score (nSPS) is 18.7. The number of ether oxygens (including phenoxy) is 1. The van der Waals surface area contributed by atoms with Gasteiger partial charge in [-0.2, -0.15) is 0 Å². The smallest absolute Gasteiger partial charge is 0.177 e. The van der Waals surface area contributed by atoms with Gasteiger partial charge in [0.25, 0.3) is 0 Å². The van der Waals surface area contributed by atoms with Crippen molar-refractivity contribution < 1.29 is 4.74 Å². The Morgan fingerprint density at radius 2 is 1.44 bits per heavy atom. The molecule has 0 bridgehead atoms. The molecule has 4 aromatic rings. The highest BCUT2D eigenvalue weighted by Crippen LogP contribution is 2.42. The van der Waals surface area contributed by atoms with E-state index in [-0.39, 0.29) is 12.3 Å². The van der Waals surface area contributed by atoms with Crippen LogP contribution in [0.5, 0.6) is 5.75 Å². The van der Waals surface area contributed by atoms with E-state index in [4.69, 9.17) is 4.74 Å². The van der Waals surface area contributed by atoms with Crippen molar-refractivity contribution in [1.82, 2.24) is 5.32 Å². The van der Waals surface area contributed by atoms with Crippen LogP contribution in [0, 0.1) is 0 Å². The molecule has 0 fully saturated rings. The highest BCUT2D eigenvalue weighted by molar-refractivity contribution is 9.10. The van der Waals surface area contributed by atoms with Gasteiger partial charge in [-0.05, 0) is 34.5 Å². The van der Waals surface area contributed by atoms with Gasteiger partial charge in [-0.25, -0.2) is 0 Å². The first-order valence-electron chi connectivity index (χ1n) is 9.04. The van der Waals surface area contributed by atoms with Gasteiger partial charge in [0.2, 0.25) is 0 Å². The van der Waals surface area contributed by atoms with Gasteiger partial charge in [0.15, 0.2) is 6.23 Å². The zero-order chi connectivity index (χ0) is 18.2. The number of fused-ring (bicyclic) bond motifs is 3. The van der Waals surface area contributed by atoms with Crippen molar-refractivity contribution in [3.05, 3.63) is 112 Å². The van der Waals surface area contributed by atoms with Gasteiger partial charge < -0.3 is 4.74 Å². The molecule has 3 heteroatoms. The van der Waals surface area contributed by atoms with Crippen LogP contribution in [-0.4, -0.2) is 0 Å². The van der Waals surface area contributed by atoms with Crippen molar-refractivity contribution in [3.63, 3.8) is 0 Å². The molecule has 5 rings (SSSR count). The molecule has 0 saturated carbocycles. The van der Waals surface area contributed by atoms with E-state index in [1.165, 1.54) is 21.9 Å². The topological polar surface area (TPSA) is 21.3 Å². The molecule has 0 radical (unpaired) electrons. The largest absolute Gasteiger partial charge is 0.471 e. The van der Waals surface area contributed by atoms with Crippen molar-refractivity contribution in [3.8, 4) is 5.75 Å². The summed E-state index contributed by atoms with van der Waals surface area (Å²) in [7, 11) is 0. The standard InChI is InChI=1S/C24H18BrNO/c25-19-12-13-20-18(15-19)11-14-21-22(20)23(16-7-3-1-4-8-16)26-24(27-21)17-9-5-2-6-10-17/h1-15,23-24,26H. The molecule has 1 aliphatic heterocycles. The molecular formula is C24H18BrNO. The van der Waals surface area contributed by atoms with E-state index in [1.54, 1.807) is 0 Å². The van der Waals surface area contributed by atoms with Gasteiger partial charge >= 0.3 is 0 Å². The molecule has 132 valence electrons. The summed E-state index contributed by atoms with van der Waals surface area (Å²) < 4.78 is 7.47. The molecule has 0 saturated heterocycles. The quantitative estimate of drug-likeness (QED) is 0.410. The Hall–Kier alpha value is -2.62. The predicted molar refractivity (Wildman–Crippen MR) is 113 cm³/mol. The van der Waals surface area contributed by atoms with Crippen LogP contribution in [0.15, 0.2) is 95.5 Å². The summed E-state index contributed by atoms with van der Waals surface area (Å²) in [6.07, 6.45) is -0.184. The summed E-state index contributed by atoms with van der Waals surface area (Å²) in [6.45, 7) is 0. The van der Waals surface area contributed by atoms with Crippen LogP contribution in [-0.2, 0) is 0 Å². The zero-order valence-corrected chi connectivity index (χ0v) is 16.2. The summed E-state index contributed by atoms with van der Waals surface area (Å²) in [6, 6.07) is 31.6. The minimum Gasteiger partial charge on any atom is -0.471 e. The molecule has 27 heavy (non-hydrogen) atoms. The van der Waals surface area contributed by atoms with Gasteiger partial charge in [0, 0.05) is 15.6 Å². The summed E-state index contributed by atoms with van der Waals surface area (Å²) >= 11 is 3.58. The third kappa shape index (κ3) is 3.03. The van der Waals surface area contributed by atoms with Gasteiger partial charge in [-0.1, -0.05) is 88.7 Å². The van der Waals surface area contributed by atoms with Crippen molar-refractivity contribution in [2.75, 3.05) is 0 Å². The maximum Gasteiger partial charge on any atom is 0.177 e. The Bertz CT molecular complexity index is 1100. The molecule has 1 N–H and O–H groups in total. The van der Waals surface area contributed by atoms with Crippen LogP contribution >= 0.6 is 15.9 Å². The minimum atomic E-state index is -0.184. The summed E-state index contributed by atoms with van der Waals surface area (Å²) in [5.74, 6) is 0.936. The average molecular weight is 416 g/mol. The van der Waals surface area contributed by atoms with Gasteiger partial charge in [0.1, 0.15) is 5.75 Å². The molecule has 4 aromatic carbocycles. The third-order valence-corrected chi connectivity index (χ3v) is 5.56. The second-order valence-electron chi connectivity index (χ2n) is 6.76. The third-order valence-electron chi connectivity index (χ3n) is 5.07. The van der Waals surface area contributed by atoms with Gasteiger partial charge in [-0.3, -0.25) is 5.32 Å². The summed E-state index contributed by atoms with van der Waals surface area (Å²) in [5, 5.41) is 6.13. The highest BCUT2D eigenvalue weighted by atomic mass is 79.9. The first kappa shape index (κ1) is 16.5. The Labute approximate surface area is 166 Å². The van der Waals surface area contributed by atoms with E-state index in [0.717, 1.165) is 15.8 Å². The lowest BCUT2D eigenvalue weighted by Gasteiger charge is -2.35. The van der Waals surface area contributed by atoms with Crippen LogP contribution in [0.4, 0.5) is 0 Å². The predicted octanol–water partition coefficient (Wildman–Crippen LogP) is 6.37. The van der Waals surface area contributed by atoms with E-state index in [1.807, 2.05) is 18.2 Å². The van der Waals surface area contributed by atoms with Gasteiger partial charge in [-0.15, -0.1) is 0 Å². The van der Waals surface area contributed by atoms with Crippen LogP contribution in [0.1, 0.15) is 29.0 Å².